The number of hydrogen-bond donors (Lipinski definition) is 3. The summed E-state index contributed by atoms with van der Waals surface area (Å²) in [7, 11) is 0. The second kappa shape index (κ2) is 5.81. The standard InChI is InChI=1S/C11H17N3O3S/c1-11(2,3)6-13-10(17)12-4-8-14-7(5-18-8)9(15)16/h5H,4,6H2,1-3H3,(H,15,16)(H2,12,13,17). The van der Waals surface area contributed by atoms with Crippen molar-refractivity contribution < 1.29 is 14.7 Å². The third-order valence-corrected chi connectivity index (χ3v) is 2.80. The van der Waals surface area contributed by atoms with Crippen molar-refractivity contribution in [2.75, 3.05) is 6.54 Å². The Kier molecular flexibility index (Phi) is 4.66. The zero-order valence-corrected chi connectivity index (χ0v) is 11.4. The molecule has 0 saturated heterocycles. The molecule has 0 aliphatic carbocycles. The lowest BCUT2D eigenvalue weighted by molar-refractivity contribution is 0.0691. The van der Waals surface area contributed by atoms with Crippen LogP contribution in [0.2, 0.25) is 0 Å². The fourth-order valence-electron chi connectivity index (χ4n) is 1.05. The van der Waals surface area contributed by atoms with E-state index < -0.39 is 5.97 Å². The van der Waals surface area contributed by atoms with Crippen molar-refractivity contribution in [3.63, 3.8) is 0 Å². The van der Waals surface area contributed by atoms with E-state index >= 15 is 0 Å². The van der Waals surface area contributed by atoms with E-state index in [1.54, 1.807) is 0 Å². The normalized spacial score (nSPS) is 11.1. The lowest BCUT2D eigenvalue weighted by atomic mass is 9.97. The molecule has 3 N–H and O–H groups in total. The fourth-order valence-corrected chi connectivity index (χ4v) is 1.76. The Morgan fingerprint density at radius 3 is 2.56 bits per heavy atom. The maximum absolute atomic E-state index is 11.4. The van der Waals surface area contributed by atoms with E-state index in [4.69, 9.17) is 5.11 Å². The molecule has 1 rings (SSSR count). The molecule has 0 unspecified atom stereocenters. The SMILES string of the molecule is CC(C)(C)CNC(=O)NCc1nc(C(=O)O)cs1. The lowest BCUT2D eigenvalue weighted by Gasteiger charge is -2.18. The van der Waals surface area contributed by atoms with Crippen molar-refractivity contribution in [3.8, 4) is 0 Å². The Morgan fingerprint density at radius 2 is 2.06 bits per heavy atom. The number of carbonyl (C=O) groups excluding carboxylic acids is 1. The van der Waals surface area contributed by atoms with E-state index in [0.717, 1.165) is 0 Å². The largest absolute Gasteiger partial charge is 0.476 e. The molecule has 0 spiro atoms. The van der Waals surface area contributed by atoms with E-state index in [1.807, 2.05) is 20.8 Å². The number of amides is 2. The molecule has 1 aromatic rings. The van der Waals surface area contributed by atoms with Gasteiger partial charge in [0, 0.05) is 11.9 Å². The van der Waals surface area contributed by atoms with Crippen LogP contribution in [0.1, 0.15) is 36.3 Å². The summed E-state index contributed by atoms with van der Waals surface area (Å²) in [5.74, 6) is -1.06. The minimum atomic E-state index is -1.06. The summed E-state index contributed by atoms with van der Waals surface area (Å²) in [4.78, 5) is 25.9. The molecule has 0 radical (unpaired) electrons. The van der Waals surface area contributed by atoms with E-state index in [2.05, 4.69) is 15.6 Å². The molecule has 0 aromatic carbocycles. The van der Waals surface area contributed by atoms with Crippen molar-refractivity contribution in [2.24, 2.45) is 5.41 Å². The first-order chi connectivity index (χ1) is 8.28. The van der Waals surface area contributed by atoms with Crippen molar-refractivity contribution in [3.05, 3.63) is 16.1 Å². The van der Waals surface area contributed by atoms with Crippen LogP contribution in [0.25, 0.3) is 0 Å². The molecular weight excluding hydrogens is 254 g/mol. The summed E-state index contributed by atoms with van der Waals surface area (Å²) in [6, 6.07) is -0.281. The molecule has 0 saturated carbocycles. The van der Waals surface area contributed by atoms with Gasteiger partial charge < -0.3 is 15.7 Å². The Bertz CT molecular complexity index is 437. The van der Waals surface area contributed by atoms with Gasteiger partial charge in [-0.25, -0.2) is 14.6 Å². The lowest BCUT2D eigenvalue weighted by Crippen LogP contribution is -2.39. The number of rotatable bonds is 4. The average Bonchev–Trinajstić information content (AvgIpc) is 2.71. The summed E-state index contributed by atoms with van der Waals surface area (Å²) in [5, 5.41) is 16.1. The van der Waals surface area contributed by atoms with Gasteiger partial charge in [0.15, 0.2) is 5.69 Å². The highest BCUT2D eigenvalue weighted by Gasteiger charge is 2.12. The molecule has 0 atom stereocenters. The number of nitrogens with one attached hydrogen (secondary N) is 2. The molecule has 0 aliphatic rings. The molecule has 1 heterocycles. The van der Waals surface area contributed by atoms with E-state index in [9.17, 15) is 9.59 Å². The molecule has 0 bridgehead atoms. The molecular formula is C11H17N3O3S. The van der Waals surface area contributed by atoms with Gasteiger partial charge in [-0.1, -0.05) is 20.8 Å². The summed E-state index contributed by atoms with van der Waals surface area (Å²) >= 11 is 1.21. The summed E-state index contributed by atoms with van der Waals surface area (Å²) in [5.41, 5.74) is 0.0292. The Morgan fingerprint density at radius 1 is 1.39 bits per heavy atom. The number of urea groups is 1. The first-order valence-electron chi connectivity index (χ1n) is 5.47. The quantitative estimate of drug-likeness (QED) is 0.777. The number of hydrogen-bond acceptors (Lipinski definition) is 4. The molecule has 18 heavy (non-hydrogen) atoms. The number of carbonyl (C=O) groups is 2. The summed E-state index contributed by atoms with van der Waals surface area (Å²) in [6.07, 6.45) is 0. The predicted octanol–water partition coefficient (Wildman–Crippen LogP) is 1.69. The Hall–Kier alpha value is -1.63. The van der Waals surface area contributed by atoms with Crippen LogP contribution in [0.5, 0.6) is 0 Å². The minimum Gasteiger partial charge on any atom is -0.476 e. The predicted molar refractivity (Wildman–Crippen MR) is 68.8 cm³/mol. The monoisotopic (exact) mass is 271 g/mol. The van der Waals surface area contributed by atoms with Gasteiger partial charge in [-0.15, -0.1) is 11.3 Å². The molecule has 2 amide bonds. The van der Waals surface area contributed by atoms with Crippen molar-refractivity contribution in [2.45, 2.75) is 27.3 Å². The van der Waals surface area contributed by atoms with E-state index in [-0.39, 0.29) is 23.7 Å². The molecule has 100 valence electrons. The molecule has 0 fully saturated rings. The third-order valence-electron chi connectivity index (χ3n) is 1.95. The Balaban J connectivity index is 2.36. The molecule has 1 aromatic heterocycles. The smallest absolute Gasteiger partial charge is 0.355 e. The summed E-state index contributed by atoms with van der Waals surface area (Å²) in [6.45, 7) is 6.86. The van der Waals surface area contributed by atoms with Crippen LogP contribution < -0.4 is 10.6 Å². The number of thiazole rings is 1. The van der Waals surface area contributed by atoms with Gasteiger partial charge in [0.05, 0.1) is 6.54 Å². The fraction of sp³-hybridized carbons (Fsp3) is 0.545. The number of carboxylic acid groups (broad SMARTS) is 1. The number of aromatic carboxylic acids is 1. The topological polar surface area (TPSA) is 91.3 Å². The average molecular weight is 271 g/mol. The molecule has 0 aliphatic heterocycles. The highest BCUT2D eigenvalue weighted by Crippen LogP contribution is 2.10. The van der Waals surface area contributed by atoms with Crippen LogP contribution in [0.15, 0.2) is 5.38 Å². The first-order valence-corrected chi connectivity index (χ1v) is 6.35. The van der Waals surface area contributed by atoms with Gasteiger partial charge in [-0.3, -0.25) is 0 Å². The van der Waals surface area contributed by atoms with E-state index in [0.29, 0.717) is 11.6 Å². The van der Waals surface area contributed by atoms with Gasteiger partial charge >= 0.3 is 12.0 Å². The van der Waals surface area contributed by atoms with Crippen LogP contribution in [-0.4, -0.2) is 28.6 Å². The van der Waals surface area contributed by atoms with E-state index in [1.165, 1.54) is 16.7 Å². The maximum Gasteiger partial charge on any atom is 0.355 e. The number of carboxylic acids is 1. The van der Waals surface area contributed by atoms with Crippen LogP contribution in [0, 0.1) is 5.41 Å². The highest BCUT2D eigenvalue weighted by atomic mass is 32.1. The van der Waals surface area contributed by atoms with Crippen molar-refractivity contribution in [1.29, 1.82) is 0 Å². The second-order valence-electron chi connectivity index (χ2n) is 5.03. The minimum absolute atomic E-state index is 0.00639. The molecule has 6 nitrogen and oxygen atoms in total. The van der Waals surface area contributed by atoms with Crippen LogP contribution in [-0.2, 0) is 6.54 Å². The molecule has 7 heteroatoms. The number of aromatic nitrogens is 1. The van der Waals surface area contributed by atoms with Crippen LogP contribution in [0.4, 0.5) is 4.79 Å². The van der Waals surface area contributed by atoms with Crippen molar-refractivity contribution >= 4 is 23.3 Å². The van der Waals surface area contributed by atoms with Crippen LogP contribution in [0.3, 0.4) is 0 Å². The maximum atomic E-state index is 11.4. The van der Waals surface area contributed by atoms with Gasteiger partial charge in [-0.2, -0.15) is 0 Å². The van der Waals surface area contributed by atoms with Gasteiger partial charge in [0.2, 0.25) is 0 Å². The van der Waals surface area contributed by atoms with Gasteiger partial charge in [-0.05, 0) is 5.41 Å². The zero-order chi connectivity index (χ0) is 13.8. The second-order valence-corrected chi connectivity index (χ2v) is 5.97. The van der Waals surface area contributed by atoms with Crippen molar-refractivity contribution in [1.82, 2.24) is 15.6 Å². The van der Waals surface area contributed by atoms with Gasteiger partial charge in [0.1, 0.15) is 5.01 Å². The third kappa shape index (κ3) is 5.13. The van der Waals surface area contributed by atoms with Gasteiger partial charge in [0.25, 0.3) is 0 Å². The number of nitrogens with zero attached hydrogens (tertiary/aromatic N) is 1. The zero-order valence-electron chi connectivity index (χ0n) is 10.6. The highest BCUT2D eigenvalue weighted by molar-refractivity contribution is 7.09. The first kappa shape index (κ1) is 14.4. The summed E-state index contributed by atoms with van der Waals surface area (Å²) < 4.78 is 0. The Labute approximate surface area is 109 Å². The van der Waals surface area contributed by atoms with Crippen LogP contribution >= 0.6 is 11.3 Å².